The summed E-state index contributed by atoms with van der Waals surface area (Å²) in [7, 11) is 1.36. The molecule has 1 aliphatic heterocycles. The molecule has 0 bridgehead atoms. The molecule has 0 aliphatic carbocycles. The fraction of sp³-hybridized carbons (Fsp3) is 0.526. The van der Waals surface area contributed by atoms with Gasteiger partial charge in [-0.25, -0.2) is 9.59 Å². The van der Waals surface area contributed by atoms with E-state index in [0.717, 1.165) is 5.56 Å². The minimum Gasteiger partial charge on any atom is -0.453 e. The van der Waals surface area contributed by atoms with E-state index in [4.69, 9.17) is 4.74 Å². The third-order valence-electron chi connectivity index (χ3n) is 4.61. The maximum Gasteiger partial charge on any atom is 0.409 e. The van der Waals surface area contributed by atoms with Crippen LogP contribution in [-0.4, -0.2) is 67.2 Å². The Labute approximate surface area is 159 Å². The molecule has 0 unspecified atom stereocenters. The first kappa shape index (κ1) is 20.5. The lowest BCUT2D eigenvalue weighted by Crippen LogP contribution is -2.50. The average molecular weight is 376 g/mol. The zero-order valence-electron chi connectivity index (χ0n) is 15.9. The summed E-state index contributed by atoms with van der Waals surface area (Å²) >= 11 is 0. The molecule has 0 saturated carbocycles. The van der Waals surface area contributed by atoms with Gasteiger partial charge in [0.05, 0.1) is 13.7 Å². The van der Waals surface area contributed by atoms with E-state index in [9.17, 15) is 14.4 Å². The number of urea groups is 1. The lowest BCUT2D eigenvalue weighted by Gasteiger charge is -2.31. The molecular weight excluding hydrogens is 348 g/mol. The Morgan fingerprint density at radius 1 is 1.19 bits per heavy atom. The molecule has 0 spiro atoms. The molecule has 4 amide bonds. The molecule has 1 aromatic rings. The van der Waals surface area contributed by atoms with E-state index in [0.29, 0.717) is 39.0 Å². The lowest BCUT2D eigenvalue weighted by molar-refractivity contribution is -0.130. The van der Waals surface area contributed by atoms with Crippen molar-refractivity contribution in [2.24, 2.45) is 0 Å². The van der Waals surface area contributed by atoms with Crippen molar-refractivity contribution in [3.8, 4) is 0 Å². The van der Waals surface area contributed by atoms with Gasteiger partial charge in [0.15, 0.2) is 0 Å². The van der Waals surface area contributed by atoms with E-state index in [1.165, 1.54) is 7.11 Å². The van der Waals surface area contributed by atoms with Crippen LogP contribution in [0.4, 0.5) is 9.59 Å². The molecule has 1 fully saturated rings. The number of ether oxygens (including phenoxy) is 1. The van der Waals surface area contributed by atoms with Crippen LogP contribution in [0.5, 0.6) is 0 Å². The second-order valence-corrected chi connectivity index (χ2v) is 6.45. The predicted octanol–water partition coefficient (Wildman–Crippen LogP) is 1.57. The third-order valence-corrected chi connectivity index (χ3v) is 4.61. The van der Waals surface area contributed by atoms with Crippen molar-refractivity contribution in [2.75, 3.05) is 33.3 Å². The highest BCUT2D eigenvalue weighted by Crippen LogP contribution is 2.11. The maximum absolute atomic E-state index is 12.4. The monoisotopic (exact) mass is 376 g/mol. The second-order valence-electron chi connectivity index (χ2n) is 6.45. The molecule has 148 valence electrons. The number of nitrogens with one attached hydrogen (secondary N) is 2. The Morgan fingerprint density at radius 2 is 1.85 bits per heavy atom. The summed E-state index contributed by atoms with van der Waals surface area (Å²) in [5, 5.41) is 5.49. The Kier molecular flexibility index (Phi) is 7.91. The number of benzene rings is 1. The van der Waals surface area contributed by atoms with Gasteiger partial charge < -0.3 is 25.2 Å². The quantitative estimate of drug-likeness (QED) is 0.788. The summed E-state index contributed by atoms with van der Waals surface area (Å²) in [5.74, 6) is -0.128. The fourth-order valence-corrected chi connectivity index (χ4v) is 3.02. The Balaban J connectivity index is 1.71. The first-order chi connectivity index (χ1) is 13.0. The summed E-state index contributed by atoms with van der Waals surface area (Å²) < 4.78 is 4.69. The van der Waals surface area contributed by atoms with Crippen molar-refractivity contribution in [1.29, 1.82) is 0 Å². The molecule has 0 aromatic heterocycles. The highest BCUT2D eigenvalue weighted by atomic mass is 16.5. The van der Waals surface area contributed by atoms with Crippen LogP contribution in [-0.2, 0) is 16.1 Å². The minimum absolute atomic E-state index is 0.0207. The third kappa shape index (κ3) is 6.47. The van der Waals surface area contributed by atoms with Crippen LogP contribution in [0.3, 0.4) is 0 Å². The molecule has 8 nitrogen and oxygen atoms in total. The zero-order chi connectivity index (χ0) is 19.6. The van der Waals surface area contributed by atoms with E-state index in [1.807, 2.05) is 37.3 Å². The predicted molar refractivity (Wildman–Crippen MR) is 101 cm³/mol. The standard InChI is InChI=1S/C19H28N4O4/c1-3-22(14-15-7-5-4-6-8-15)17(24)13-20-18(25)21-16-9-11-23(12-10-16)19(26)27-2/h4-8,16H,3,9-14H2,1-2H3,(H2,20,21,25). The highest BCUT2D eigenvalue weighted by molar-refractivity contribution is 5.84. The lowest BCUT2D eigenvalue weighted by atomic mass is 10.1. The molecule has 1 heterocycles. The van der Waals surface area contributed by atoms with Gasteiger partial charge >= 0.3 is 12.1 Å². The van der Waals surface area contributed by atoms with Gasteiger partial charge in [0.25, 0.3) is 0 Å². The van der Waals surface area contributed by atoms with Crippen molar-refractivity contribution in [3.63, 3.8) is 0 Å². The summed E-state index contributed by atoms with van der Waals surface area (Å²) in [5.41, 5.74) is 1.05. The van der Waals surface area contributed by atoms with E-state index >= 15 is 0 Å². The molecule has 0 atom stereocenters. The van der Waals surface area contributed by atoms with Crippen LogP contribution >= 0.6 is 0 Å². The molecule has 1 saturated heterocycles. The van der Waals surface area contributed by atoms with Gasteiger partial charge in [0, 0.05) is 32.2 Å². The van der Waals surface area contributed by atoms with Crippen LogP contribution in [0.15, 0.2) is 30.3 Å². The van der Waals surface area contributed by atoms with Crippen molar-refractivity contribution >= 4 is 18.0 Å². The largest absolute Gasteiger partial charge is 0.453 e. The number of hydrogen-bond donors (Lipinski definition) is 2. The first-order valence-electron chi connectivity index (χ1n) is 9.22. The molecule has 0 radical (unpaired) electrons. The summed E-state index contributed by atoms with van der Waals surface area (Å²) in [4.78, 5) is 39.2. The Bertz CT molecular complexity index is 630. The van der Waals surface area contributed by atoms with Crippen LogP contribution in [0.25, 0.3) is 0 Å². The minimum atomic E-state index is -0.365. The van der Waals surface area contributed by atoms with Crippen LogP contribution < -0.4 is 10.6 Å². The first-order valence-corrected chi connectivity index (χ1v) is 9.22. The van der Waals surface area contributed by atoms with Gasteiger partial charge in [-0.3, -0.25) is 4.79 Å². The number of nitrogens with zero attached hydrogens (tertiary/aromatic N) is 2. The number of likely N-dealkylation sites (N-methyl/N-ethyl adjacent to an activating group) is 1. The number of likely N-dealkylation sites (tertiary alicyclic amines) is 1. The molecule has 2 N–H and O–H groups in total. The number of carbonyl (C=O) groups excluding carboxylic acids is 3. The van der Waals surface area contributed by atoms with E-state index in [-0.39, 0.29) is 30.6 Å². The van der Waals surface area contributed by atoms with Crippen LogP contribution in [0.2, 0.25) is 0 Å². The van der Waals surface area contributed by atoms with Gasteiger partial charge in [-0.05, 0) is 25.3 Å². The van der Waals surface area contributed by atoms with Crippen molar-refractivity contribution in [1.82, 2.24) is 20.4 Å². The Morgan fingerprint density at radius 3 is 2.44 bits per heavy atom. The number of carbonyl (C=O) groups is 3. The van der Waals surface area contributed by atoms with Gasteiger partial charge in [-0.2, -0.15) is 0 Å². The van der Waals surface area contributed by atoms with Crippen molar-refractivity contribution in [3.05, 3.63) is 35.9 Å². The van der Waals surface area contributed by atoms with E-state index in [2.05, 4.69) is 10.6 Å². The maximum atomic E-state index is 12.4. The summed E-state index contributed by atoms with van der Waals surface area (Å²) in [6, 6.07) is 9.36. The SMILES string of the molecule is CCN(Cc1ccccc1)C(=O)CNC(=O)NC1CCN(C(=O)OC)CC1. The van der Waals surface area contributed by atoms with Crippen LogP contribution in [0.1, 0.15) is 25.3 Å². The van der Waals surface area contributed by atoms with Gasteiger partial charge in [0.2, 0.25) is 5.91 Å². The molecular formula is C19H28N4O4. The molecule has 2 rings (SSSR count). The van der Waals surface area contributed by atoms with Gasteiger partial charge in [0.1, 0.15) is 0 Å². The molecule has 8 heteroatoms. The smallest absolute Gasteiger partial charge is 0.409 e. The fourth-order valence-electron chi connectivity index (χ4n) is 3.02. The van der Waals surface area contributed by atoms with E-state index < -0.39 is 0 Å². The number of piperidine rings is 1. The highest BCUT2D eigenvalue weighted by Gasteiger charge is 2.24. The average Bonchev–Trinajstić information content (AvgIpc) is 2.71. The molecule has 27 heavy (non-hydrogen) atoms. The van der Waals surface area contributed by atoms with Crippen molar-refractivity contribution < 1.29 is 19.1 Å². The zero-order valence-corrected chi connectivity index (χ0v) is 15.9. The molecule has 1 aromatic carbocycles. The Hall–Kier alpha value is -2.77. The van der Waals surface area contributed by atoms with Gasteiger partial charge in [-0.1, -0.05) is 30.3 Å². The number of hydrogen-bond acceptors (Lipinski definition) is 4. The topological polar surface area (TPSA) is 91.0 Å². The summed E-state index contributed by atoms with van der Waals surface area (Å²) in [6.07, 6.45) is 0.971. The van der Waals surface area contributed by atoms with Gasteiger partial charge in [-0.15, -0.1) is 0 Å². The van der Waals surface area contributed by atoms with Crippen molar-refractivity contribution in [2.45, 2.75) is 32.4 Å². The summed E-state index contributed by atoms with van der Waals surface area (Å²) in [6.45, 7) is 4.03. The molecule has 1 aliphatic rings. The normalized spacial score (nSPS) is 14.4. The number of methoxy groups -OCH3 is 1. The second kappa shape index (κ2) is 10.4. The van der Waals surface area contributed by atoms with Crippen LogP contribution in [0, 0.1) is 0 Å². The number of amides is 4. The number of rotatable bonds is 6. The van der Waals surface area contributed by atoms with E-state index in [1.54, 1.807) is 9.80 Å².